The van der Waals surface area contributed by atoms with E-state index in [0.717, 1.165) is 42.7 Å². The lowest BCUT2D eigenvalue weighted by molar-refractivity contribution is 0.0624. The summed E-state index contributed by atoms with van der Waals surface area (Å²) in [6.07, 6.45) is 1.96. The summed E-state index contributed by atoms with van der Waals surface area (Å²) in [5.74, 6) is 1.65. The number of anilines is 1. The van der Waals surface area contributed by atoms with Gasteiger partial charge in [0.1, 0.15) is 5.75 Å². The molecule has 0 unspecified atom stereocenters. The number of aliphatic imine (C=N–C) groups is 1. The average Bonchev–Trinajstić information content (AvgIpc) is 2.90. The van der Waals surface area contributed by atoms with Gasteiger partial charge in [0.05, 0.1) is 30.0 Å². The van der Waals surface area contributed by atoms with Crippen molar-refractivity contribution >= 4 is 22.6 Å². The third-order valence-electron chi connectivity index (χ3n) is 3.81. The molecule has 0 aliphatic carbocycles. The third-order valence-corrected chi connectivity index (χ3v) is 4.96. The molecule has 21 heavy (non-hydrogen) atoms. The molecule has 1 aromatic rings. The number of nitrogens with zero attached hydrogens (tertiary/aromatic N) is 2. The molecule has 5 nitrogen and oxygen atoms in total. The van der Waals surface area contributed by atoms with Crippen LogP contribution in [0.1, 0.15) is 18.4 Å². The summed E-state index contributed by atoms with van der Waals surface area (Å²) in [6.45, 7) is 1.58. The number of hydrogen-bond acceptors (Lipinski definition) is 6. The minimum Gasteiger partial charge on any atom is -0.495 e. The largest absolute Gasteiger partial charge is 0.495 e. The van der Waals surface area contributed by atoms with Crippen LogP contribution in [0.2, 0.25) is 0 Å². The van der Waals surface area contributed by atoms with Gasteiger partial charge in [0.2, 0.25) is 0 Å². The Kier molecular flexibility index (Phi) is 4.04. The minimum atomic E-state index is 0.0328. The molecule has 0 bridgehead atoms. The maximum atomic E-state index is 8.93. The van der Waals surface area contributed by atoms with Crippen LogP contribution in [-0.2, 0) is 4.74 Å². The summed E-state index contributed by atoms with van der Waals surface area (Å²) in [6, 6.07) is 7.47. The lowest BCUT2D eigenvalue weighted by Crippen LogP contribution is -2.34. The summed E-state index contributed by atoms with van der Waals surface area (Å²) in [5.41, 5.74) is 1.46. The van der Waals surface area contributed by atoms with E-state index < -0.39 is 0 Å². The van der Waals surface area contributed by atoms with Gasteiger partial charge < -0.3 is 14.8 Å². The van der Waals surface area contributed by atoms with Gasteiger partial charge in [0.15, 0.2) is 5.17 Å². The molecule has 0 saturated carbocycles. The van der Waals surface area contributed by atoms with Crippen molar-refractivity contribution in [1.29, 1.82) is 5.26 Å². The van der Waals surface area contributed by atoms with Gasteiger partial charge in [0, 0.05) is 25.0 Å². The van der Waals surface area contributed by atoms with E-state index in [1.165, 1.54) is 0 Å². The molecule has 1 fully saturated rings. The highest BCUT2D eigenvalue weighted by Gasteiger charge is 2.37. The van der Waals surface area contributed by atoms with Gasteiger partial charge in [-0.1, -0.05) is 11.8 Å². The van der Waals surface area contributed by atoms with E-state index in [1.807, 2.05) is 6.07 Å². The van der Waals surface area contributed by atoms with E-state index in [-0.39, 0.29) is 5.54 Å². The number of amidine groups is 1. The molecular formula is C15H17N3O2S. The van der Waals surface area contributed by atoms with Crippen LogP contribution in [0, 0.1) is 11.3 Å². The molecule has 0 atom stereocenters. The highest BCUT2D eigenvalue weighted by Crippen LogP contribution is 2.37. The van der Waals surface area contributed by atoms with Crippen molar-refractivity contribution in [2.24, 2.45) is 4.99 Å². The second kappa shape index (κ2) is 5.96. The van der Waals surface area contributed by atoms with E-state index >= 15 is 0 Å². The molecular weight excluding hydrogens is 286 g/mol. The van der Waals surface area contributed by atoms with Gasteiger partial charge >= 0.3 is 0 Å². The summed E-state index contributed by atoms with van der Waals surface area (Å²) in [5, 5.41) is 13.2. The topological polar surface area (TPSA) is 66.6 Å². The second-order valence-corrected chi connectivity index (χ2v) is 6.16. The minimum absolute atomic E-state index is 0.0328. The Labute approximate surface area is 128 Å². The van der Waals surface area contributed by atoms with Gasteiger partial charge in [-0.3, -0.25) is 4.99 Å². The Hall–Kier alpha value is -1.71. The second-order valence-electron chi connectivity index (χ2n) is 5.19. The lowest BCUT2D eigenvalue weighted by Gasteiger charge is -2.29. The predicted molar refractivity (Wildman–Crippen MR) is 84.0 cm³/mol. The number of ether oxygens (including phenoxy) is 2. The molecule has 1 aromatic carbocycles. The summed E-state index contributed by atoms with van der Waals surface area (Å²) < 4.78 is 10.8. The number of methoxy groups -OCH3 is 1. The highest BCUT2D eigenvalue weighted by atomic mass is 32.2. The van der Waals surface area contributed by atoms with E-state index in [0.29, 0.717) is 11.3 Å². The monoisotopic (exact) mass is 303 g/mol. The van der Waals surface area contributed by atoms with Crippen LogP contribution < -0.4 is 10.1 Å². The number of hydrogen-bond donors (Lipinski definition) is 1. The van der Waals surface area contributed by atoms with Crippen molar-refractivity contribution in [1.82, 2.24) is 0 Å². The molecule has 2 aliphatic heterocycles. The van der Waals surface area contributed by atoms with Crippen LogP contribution in [0.4, 0.5) is 5.69 Å². The van der Waals surface area contributed by atoms with E-state index in [2.05, 4.69) is 11.4 Å². The van der Waals surface area contributed by atoms with Gasteiger partial charge in [-0.05, 0) is 25.0 Å². The van der Waals surface area contributed by atoms with Gasteiger partial charge in [-0.15, -0.1) is 0 Å². The SMILES string of the molecule is COc1cc(C#N)ccc1NC1=NC2(CCOCC2)CS1. The summed E-state index contributed by atoms with van der Waals surface area (Å²) in [4.78, 5) is 4.86. The Bertz CT molecular complexity index is 603. The molecule has 110 valence electrons. The smallest absolute Gasteiger partial charge is 0.161 e. The zero-order chi connectivity index (χ0) is 14.7. The zero-order valence-corrected chi connectivity index (χ0v) is 12.7. The first-order chi connectivity index (χ1) is 10.2. The van der Waals surface area contributed by atoms with Crippen molar-refractivity contribution in [2.75, 3.05) is 31.4 Å². The maximum absolute atomic E-state index is 8.93. The molecule has 0 radical (unpaired) electrons. The average molecular weight is 303 g/mol. The lowest BCUT2D eigenvalue weighted by atomic mass is 9.93. The zero-order valence-electron chi connectivity index (χ0n) is 11.9. The van der Waals surface area contributed by atoms with Crippen molar-refractivity contribution in [2.45, 2.75) is 18.4 Å². The van der Waals surface area contributed by atoms with Gasteiger partial charge in [0.25, 0.3) is 0 Å². The Balaban J connectivity index is 1.78. The van der Waals surface area contributed by atoms with Crippen LogP contribution in [0.15, 0.2) is 23.2 Å². The first kappa shape index (κ1) is 14.2. The van der Waals surface area contributed by atoms with Crippen LogP contribution in [0.25, 0.3) is 0 Å². The Morgan fingerprint density at radius 1 is 1.43 bits per heavy atom. The van der Waals surface area contributed by atoms with Crippen LogP contribution in [-0.4, -0.2) is 36.8 Å². The maximum Gasteiger partial charge on any atom is 0.161 e. The van der Waals surface area contributed by atoms with Crippen molar-refractivity contribution < 1.29 is 9.47 Å². The van der Waals surface area contributed by atoms with Crippen molar-refractivity contribution in [3.05, 3.63) is 23.8 Å². The van der Waals surface area contributed by atoms with E-state index in [4.69, 9.17) is 19.7 Å². The first-order valence-corrected chi connectivity index (χ1v) is 7.89. The fourth-order valence-electron chi connectivity index (χ4n) is 2.53. The normalized spacial score (nSPS) is 19.9. The molecule has 1 spiro atoms. The number of benzene rings is 1. The van der Waals surface area contributed by atoms with Crippen LogP contribution in [0.5, 0.6) is 5.75 Å². The standard InChI is InChI=1S/C15H17N3O2S/c1-19-13-8-11(9-16)2-3-12(13)17-14-18-15(10-21-14)4-6-20-7-5-15/h2-3,8H,4-7,10H2,1H3,(H,17,18). The molecule has 1 saturated heterocycles. The highest BCUT2D eigenvalue weighted by molar-refractivity contribution is 8.14. The molecule has 2 heterocycles. The summed E-state index contributed by atoms with van der Waals surface area (Å²) in [7, 11) is 1.60. The first-order valence-electron chi connectivity index (χ1n) is 6.90. The molecule has 3 rings (SSSR count). The van der Waals surface area contributed by atoms with Crippen LogP contribution in [0.3, 0.4) is 0 Å². The number of nitrogens with one attached hydrogen (secondary N) is 1. The third kappa shape index (κ3) is 2.99. The van der Waals surface area contributed by atoms with Gasteiger partial charge in [-0.2, -0.15) is 5.26 Å². The Morgan fingerprint density at radius 2 is 2.24 bits per heavy atom. The van der Waals surface area contributed by atoms with Gasteiger partial charge in [-0.25, -0.2) is 0 Å². The summed E-state index contributed by atoms with van der Waals surface area (Å²) >= 11 is 1.73. The predicted octanol–water partition coefficient (Wildman–Crippen LogP) is 2.63. The number of nitriles is 1. The van der Waals surface area contributed by atoms with Crippen molar-refractivity contribution in [3.8, 4) is 11.8 Å². The molecule has 6 heteroatoms. The molecule has 1 N–H and O–H groups in total. The fraction of sp³-hybridized carbons (Fsp3) is 0.467. The van der Waals surface area contributed by atoms with E-state index in [9.17, 15) is 0 Å². The van der Waals surface area contributed by atoms with Crippen LogP contribution >= 0.6 is 11.8 Å². The molecule has 0 amide bonds. The van der Waals surface area contributed by atoms with Crippen molar-refractivity contribution in [3.63, 3.8) is 0 Å². The quantitative estimate of drug-likeness (QED) is 0.909. The molecule has 2 aliphatic rings. The Morgan fingerprint density at radius 3 is 2.95 bits per heavy atom. The number of rotatable bonds is 2. The number of thioether (sulfide) groups is 1. The van der Waals surface area contributed by atoms with E-state index in [1.54, 1.807) is 31.0 Å². The molecule has 0 aromatic heterocycles. The fourth-order valence-corrected chi connectivity index (χ4v) is 3.73.